The highest BCUT2D eigenvalue weighted by Gasteiger charge is 2.25. The highest BCUT2D eigenvalue weighted by Crippen LogP contribution is 2.29. The number of anilines is 1. The summed E-state index contributed by atoms with van der Waals surface area (Å²) in [5.74, 6) is 0.104. The third-order valence-electron chi connectivity index (χ3n) is 4.25. The highest BCUT2D eigenvalue weighted by molar-refractivity contribution is 6.30. The van der Waals surface area contributed by atoms with Crippen molar-refractivity contribution in [3.8, 4) is 22.8 Å². The number of nitrogen functional groups attached to an aromatic ring is 1. The van der Waals surface area contributed by atoms with Gasteiger partial charge in [0.25, 0.3) is 5.91 Å². The zero-order valence-corrected chi connectivity index (χ0v) is 17.5. The van der Waals surface area contributed by atoms with Crippen LogP contribution in [0.1, 0.15) is 23.0 Å². The van der Waals surface area contributed by atoms with Crippen LogP contribution in [0.25, 0.3) is 17.1 Å². The summed E-state index contributed by atoms with van der Waals surface area (Å²) in [5.41, 5.74) is 9.92. The highest BCUT2D eigenvalue weighted by atomic mass is 35.5. The number of ether oxygens (including phenoxy) is 1. The number of nitrogens with one attached hydrogen (secondary N) is 1. The molecule has 0 saturated heterocycles. The molecule has 2 heterocycles. The Labute approximate surface area is 186 Å². The van der Waals surface area contributed by atoms with Crippen LogP contribution in [-0.2, 0) is 0 Å². The Bertz CT molecular complexity index is 1270. The van der Waals surface area contributed by atoms with Gasteiger partial charge in [-0.3, -0.25) is 4.79 Å². The van der Waals surface area contributed by atoms with E-state index in [4.69, 9.17) is 22.1 Å². The molecule has 2 aromatic carbocycles. The second-order valence-corrected chi connectivity index (χ2v) is 6.82. The zero-order valence-electron chi connectivity index (χ0n) is 16.8. The summed E-state index contributed by atoms with van der Waals surface area (Å²) in [6.45, 7) is 2.35. The number of benzene rings is 2. The second-order valence-electron chi connectivity index (χ2n) is 6.38. The third kappa shape index (κ3) is 4.42. The van der Waals surface area contributed by atoms with Crippen LogP contribution in [0.15, 0.2) is 58.3 Å². The Morgan fingerprint density at radius 1 is 1.28 bits per heavy atom. The van der Waals surface area contributed by atoms with Crippen LogP contribution in [0.2, 0.25) is 5.02 Å². The van der Waals surface area contributed by atoms with E-state index < -0.39 is 5.91 Å². The van der Waals surface area contributed by atoms with Crippen molar-refractivity contribution in [2.75, 3.05) is 12.3 Å². The van der Waals surface area contributed by atoms with Crippen LogP contribution in [0.3, 0.4) is 0 Å². The average molecular weight is 453 g/mol. The Morgan fingerprint density at radius 3 is 2.81 bits per heavy atom. The molecular formula is C20H17ClN8O3. The van der Waals surface area contributed by atoms with E-state index in [2.05, 4.69) is 35.8 Å². The topological polar surface area (TPSA) is 146 Å². The fourth-order valence-electron chi connectivity index (χ4n) is 2.85. The first-order valence-corrected chi connectivity index (χ1v) is 9.81. The van der Waals surface area contributed by atoms with Crippen molar-refractivity contribution < 1.29 is 14.2 Å². The number of aromatic nitrogens is 5. The minimum absolute atomic E-state index is 0.00527. The van der Waals surface area contributed by atoms with Gasteiger partial charge in [0.1, 0.15) is 11.4 Å². The first kappa shape index (κ1) is 21.0. The standard InChI is InChI=1S/C20H17ClN8O3/c1-2-31-15-5-3-4-13(10-15)17-16(24-28-29(17)19-18(22)26-32-27-19)20(30)25-23-11-12-6-8-14(21)9-7-12/h3-11H,2H2,1H3,(H2,22,26)(H,25,30). The molecule has 1 amide bonds. The molecule has 0 spiro atoms. The molecule has 11 nitrogen and oxygen atoms in total. The first-order valence-electron chi connectivity index (χ1n) is 9.43. The first-order chi connectivity index (χ1) is 15.6. The molecule has 162 valence electrons. The van der Waals surface area contributed by atoms with Crippen LogP contribution < -0.4 is 15.9 Å². The van der Waals surface area contributed by atoms with Gasteiger partial charge in [-0.25, -0.2) is 10.1 Å². The molecule has 32 heavy (non-hydrogen) atoms. The van der Waals surface area contributed by atoms with E-state index in [0.717, 1.165) is 5.56 Å². The number of amides is 1. The molecule has 4 aromatic rings. The smallest absolute Gasteiger partial charge is 0.294 e. The van der Waals surface area contributed by atoms with Crippen molar-refractivity contribution in [1.29, 1.82) is 0 Å². The van der Waals surface area contributed by atoms with E-state index in [0.29, 0.717) is 28.6 Å². The number of hydrogen-bond acceptors (Lipinski definition) is 9. The Morgan fingerprint density at radius 2 is 2.09 bits per heavy atom. The lowest BCUT2D eigenvalue weighted by Crippen LogP contribution is -2.19. The van der Waals surface area contributed by atoms with Gasteiger partial charge in [0.05, 0.1) is 12.8 Å². The third-order valence-corrected chi connectivity index (χ3v) is 4.50. The van der Waals surface area contributed by atoms with Crippen molar-refractivity contribution in [3.05, 3.63) is 64.8 Å². The van der Waals surface area contributed by atoms with E-state index >= 15 is 0 Å². The van der Waals surface area contributed by atoms with Gasteiger partial charge in [-0.2, -0.15) is 9.78 Å². The number of nitrogens with two attached hydrogens (primary N) is 1. The van der Waals surface area contributed by atoms with Crippen molar-refractivity contribution in [1.82, 2.24) is 30.7 Å². The van der Waals surface area contributed by atoms with Crippen LogP contribution in [0.5, 0.6) is 5.75 Å². The second kappa shape index (κ2) is 9.27. The predicted octanol–water partition coefficient (Wildman–Crippen LogP) is 2.72. The number of rotatable bonds is 7. The minimum Gasteiger partial charge on any atom is -0.494 e. The molecule has 0 radical (unpaired) electrons. The van der Waals surface area contributed by atoms with Gasteiger partial charge in [-0.05, 0) is 47.1 Å². The van der Waals surface area contributed by atoms with Gasteiger partial charge in [0, 0.05) is 10.6 Å². The quantitative estimate of drug-likeness (QED) is 0.321. The molecule has 0 unspecified atom stereocenters. The van der Waals surface area contributed by atoms with Gasteiger partial charge in [-0.1, -0.05) is 41.1 Å². The van der Waals surface area contributed by atoms with Crippen LogP contribution in [0, 0.1) is 0 Å². The largest absolute Gasteiger partial charge is 0.494 e. The van der Waals surface area contributed by atoms with Crippen LogP contribution in [0.4, 0.5) is 5.82 Å². The van der Waals surface area contributed by atoms with E-state index in [1.807, 2.05) is 6.92 Å². The molecule has 0 atom stereocenters. The number of hydrazone groups is 1. The molecule has 0 bridgehead atoms. The number of halogens is 1. The number of carbonyl (C=O) groups excluding carboxylic acids is 1. The molecule has 2 aromatic heterocycles. The maximum Gasteiger partial charge on any atom is 0.294 e. The van der Waals surface area contributed by atoms with E-state index in [1.54, 1.807) is 48.5 Å². The molecule has 0 saturated carbocycles. The lowest BCUT2D eigenvalue weighted by Gasteiger charge is -2.08. The van der Waals surface area contributed by atoms with E-state index in [1.165, 1.54) is 10.9 Å². The van der Waals surface area contributed by atoms with Gasteiger partial charge < -0.3 is 10.5 Å². The molecule has 4 rings (SSSR count). The molecular weight excluding hydrogens is 436 g/mol. The van der Waals surface area contributed by atoms with Gasteiger partial charge in [0.2, 0.25) is 11.6 Å². The summed E-state index contributed by atoms with van der Waals surface area (Å²) in [6, 6.07) is 14.1. The Kier molecular flexibility index (Phi) is 6.08. The molecule has 0 aliphatic carbocycles. The molecule has 0 aliphatic rings. The number of carbonyl (C=O) groups is 1. The van der Waals surface area contributed by atoms with Crippen LogP contribution in [-0.4, -0.2) is 44.0 Å². The SMILES string of the molecule is CCOc1cccc(-c2c(C(=O)NN=Cc3ccc(Cl)cc3)nnn2-c2nonc2N)c1. The van der Waals surface area contributed by atoms with Crippen molar-refractivity contribution in [2.45, 2.75) is 6.92 Å². The monoisotopic (exact) mass is 452 g/mol. The van der Waals surface area contributed by atoms with Gasteiger partial charge >= 0.3 is 0 Å². The summed E-state index contributed by atoms with van der Waals surface area (Å²) in [5, 5.41) is 19.9. The van der Waals surface area contributed by atoms with E-state index in [9.17, 15) is 4.79 Å². The number of hydrogen-bond donors (Lipinski definition) is 2. The summed E-state index contributed by atoms with van der Waals surface area (Å²) in [4.78, 5) is 12.9. The minimum atomic E-state index is -0.590. The molecule has 12 heteroatoms. The summed E-state index contributed by atoms with van der Waals surface area (Å²) in [7, 11) is 0. The van der Waals surface area contributed by atoms with Crippen molar-refractivity contribution >= 4 is 29.5 Å². The lowest BCUT2D eigenvalue weighted by atomic mass is 10.1. The Hall–Kier alpha value is -4.25. The number of nitrogens with zero attached hydrogens (tertiary/aromatic N) is 6. The van der Waals surface area contributed by atoms with E-state index in [-0.39, 0.29) is 17.3 Å². The normalized spacial score (nSPS) is 11.1. The van der Waals surface area contributed by atoms with Crippen molar-refractivity contribution in [2.24, 2.45) is 5.10 Å². The Balaban J connectivity index is 1.69. The van der Waals surface area contributed by atoms with Gasteiger partial charge in [0.15, 0.2) is 5.69 Å². The van der Waals surface area contributed by atoms with Crippen LogP contribution >= 0.6 is 11.6 Å². The summed E-state index contributed by atoms with van der Waals surface area (Å²) < 4.78 is 11.5. The molecule has 0 fully saturated rings. The average Bonchev–Trinajstić information content (AvgIpc) is 3.41. The predicted molar refractivity (Wildman–Crippen MR) is 117 cm³/mol. The zero-order chi connectivity index (χ0) is 22.5. The molecule has 0 aliphatic heterocycles. The molecule has 3 N–H and O–H groups in total. The fourth-order valence-corrected chi connectivity index (χ4v) is 2.97. The van der Waals surface area contributed by atoms with Gasteiger partial charge in [-0.15, -0.1) is 5.10 Å². The fraction of sp³-hybridized carbons (Fsp3) is 0.100. The summed E-state index contributed by atoms with van der Waals surface area (Å²) >= 11 is 5.87. The maximum absolute atomic E-state index is 12.9. The maximum atomic E-state index is 12.9. The lowest BCUT2D eigenvalue weighted by molar-refractivity contribution is 0.0950. The summed E-state index contributed by atoms with van der Waals surface area (Å²) in [6.07, 6.45) is 1.48. The van der Waals surface area contributed by atoms with Crippen molar-refractivity contribution in [3.63, 3.8) is 0 Å².